The van der Waals surface area contributed by atoms with E-state index in [-0.39, 0.29) is 32.7 Å². The number of hydrogen-bond acceptors (Lipinski definition) is 1. The molecule has 1 radical (unpaired) electrons. The Balaban J connectivity index is 0.00000196. The maximum Gasteiger partial charge on any atom is 0.0608 e. The van der Waals surface area contributed by atoms with Crippen LogP contribution < -0.4 is 0 Å². The van der Waals surface area contributed by atoms with Crippen molar-refractivity contribution in [1.82, 2.24) is 0 Å². The van der Waals surface area contributed by atoms with Crippen LogP contribution >= 0.6 is 0 Å². The first-order valence-corrected chi connectivity index (χ1v) is 5.93. The molecule has 0 aromatic heterocycles. The monoisotopic (exact) mass is 286 g/mol. The average Bonchev–Trinajstić information content (AvgIpc) is 2.19. The Morgan fingerprint density at radius 3 is 2.07 bits per heavy atom. The summed E-state index contributed by atoms with van der Waals surface area (Å²) in [5.74, 6) is 2.69. The van der Waals surface area contributed by atoms with E-state index in [1.807, 2.05) is 0 Å². The van der Waals surface area contributed by atoms with E-state index in [1.165, 1.54) is 0 Å². The van der Waals surface area contributed by atoms with Gasteiger partial charge in [0.25, 0.3) is 0 Å². The van der Waals surface area contributed by atoms with Gasteiger partial charge in [-0.3, -0.25) is 0 Å². The topological polar surface area (TPSA) is 9.23 Å². The van der Waals surface area contributed by atoms with Gasteiger partial charge < -0.3 is 11.7 Å². The molecule has 0 aromatic carbocycles. The Hall–Kier alpha value is 1.06. The van der Waals surface area contributed by atoms with Crippen LogP contribution in [-0.2, 0) is 37.4 Å². The Bertz CT molecular complexity index is 183. The van der Waals surface area contributed by atoms with E-state index in [9.17, 15) is 0 Å². The van der Waals surface area contributed by atoms with Crippen LogP contribution in [0.1, 0.15) is 41.0 Å². The molecular weight excluding hydrogens is 261 g/mol. The van der Waals surface area contributed by atoms with Crippen LogP contribution in [0.15, 0.2) is 0 Å². The molecule has 6 atom stereocenters. The molecule has 0 aromatic rings. The zero-order valence-electron chi connectivity index (χ0n) is 10.9. The van der Waals surface area contributed by atoms with Crippen LogP contribution in [0.3, 0.4) is 0 Å². The van der Waals surface area contributed by atoms with Gasteiger partial charge in [-0.2, -0.15) is 6.42 Å². The predicted octanol–water partition coefficient (Wildman–Crippen LogP) is 3.54. The van der Waals surface area contributed by atoms with Gasteiger partial charge in [-0.05, 0) is 30.6 Å². The van der Waals surface area contributed by atoms with Crippen molar-refractivity contribution in [1.29, 1.82) is 0 Å². The molecule has 1 fully saturated rings. The van der Waals surface area contributed by atoms with Gasteiger partial charge in [-0.15, -0.1) is 0 Å². The van der Waals surface area contributed by atoms with E-state index in [4.69, 9.17) is 4.74 Å². The number of hydrogen-bond donors (Lipinski definition) is 0. The van der Waals surface area contributed by atoms with Gasteiger partial charge in [0.1, 0.15) is 0 Å². The maximum atomic E-state index is 6.09. The van der Waals surface area contributed by atoms with Crippen molar-refractivity contribution < 1.29 is 37.4 Å². The molecule has 1 saturated heterocycles. The van der Waals surface area contributed by atoms with E-state index in [1.54, 1.807) is 0 Å². The van der Waals surface area contributed by atoms with Crippen LogP contribution in [0, 0.1) is 30.6 Å². The smallest absolute Gasteiger partial charge is 0.0608 e. The summed E-state index contributed by atoms with van der Waals surface area (Å²) in [6.45, 7) is 15.4. The third kappa shape index (κ3) is 3.51. The fraction of sp³-hybridized carbons (Fsp3) is 0.923. The SMILES string of the molecule is [CH2-]CC(C)C1OC(C)C(C)C(C)C1C.[Y]. The van der Waals surface area contributed by atoms with Crippen LogP contribution in [0.5, 0.6) is 0 Å². The summed E-state index contributed by atoms with van der Waals surface area (Å²) in [5.41, 5.74) is 0. The third-order valence-electron chi connectivity index (χ3n) is 4.31. The Labute approximate surface area is 121 Å². The van der Waals surface area contributed by atoms with Gasteiger partial charge in [-0.25, -0.2) is 0 Å². The summed E-state index contributed by atoms with van der Waals surface area (Å²) in [6, 6.07) is 0. The number of ether oxygens (including phenoxy) is 1. The predicted molar refractivity (Wildman–Crippen MR) is 61.0 cm³/mol. The quantitative estimate of drug-likeness (QED) is 0.706. The van der Waals surface area contributed by atoms with Gasteiger partial charge in [-0.1, -0.05) is 27.7 Å². The normalized spacial score (nSPS) is 43.2. The molecule has 87 valence electrons. The van der Waals surface area contributed by atoms with Crippen LogP contribution in [-0.4, -0.2) is 12.2 Å². The minimum Gasteiger partial charge on any atom is -0.375 e. The van der Waals surface area contributed by atoms with Gasteiger partial charge in [0.05, 0.1) is 12.2 Å². The Kier molecular flexibility index (Phi) is 7.19. The zero-order chi connectivity index (χ0) is 10.9. The fourth-order valence-electron chi connectivity index (χ4n) is 2.52. The second kappa shape index (κ2) is 6.72. The summed E-state index contributed by atoms with van der Waals surface area (Å²) < 4.78 is 6.09. The van der Waals surface area contributed by atoms with Crippen molar-refractivity contribution in [2.45, 2.75) is 53.2 Å². The third-order valence-corrected chi connectivity index (χ3v) is 4.31. The van der Waals surface area contributed by atoms with Crippen LogP contribution in [0.2, 0.25) is 0 Å². The van der Waals surface area contributed by atoms with Crippen molar-refractivity contribution >= 4 is 0 Å². The van der Waals surface area contributed by atoms with Crippen molar-refractivity contribution in [3.05, 3.63) is 6.92 Å². The molecule has 0 amide bonds. The summed E-state index contributed by atoms with van der Waals surface area (Å²) in [4.78, 5) is 0. The van der Waals surface area contributed by atoms with Gasteiger partial charge in [0.2, 0.25) is 0 Å². The van der Waals surface area contributed by atoms with Crippen LogP contribution in [0.4, 0.5) is 0 Å². The molecule has 0 N–H and O–H groups in total. The summed E-state index contributed by atoms with van der Waals surface area (Å²) in [6.07, 6.45) is 1.79. The van der Waals surface area contributed by atoms with E-state index in [0.29, 0.717) is 30.0 Å². The van der Waals surface area contributed by atoms with E-state index in [0.717, 1.165) is 12.3 Å². The average molecular weight is 286 g/mol. The molecule has 1 heterocycles. The molecule has 0 saturated carbocycles. The zero-order valence-corrected chi connectivity index (χ0v) is 13.7. The largest absolute Gasteiger partial charge is 0.375 e. The molecule has 15 heavy (non-hydrogen) atoms. The van der Waals surface area contributed by atoms with Crippen LogP contribution in [0.25, 0.3) is 0 Å². The van der Waals surface area contributed by atoms with E-state index >= 15 is 0 Å². The standard InChI is InChI=1S/C13H25O.Y/c1-7-8(2)13-11(5)9(3)10(4)12(6)14-13;/h8-13H,1,7H2,2-6H3;/q-1;. The molecule has 1 aliphatic rings. The molecule has 0 aliphatic carbocycles. The van der Waals surface area contributed by atoms with Gasteiger partial charge >= 0.3 is 0 Å². The van der Waals surface area contributed by atoms with E-state index in [2.05, 4.69) is 41.5 Å². The summed E-state index contributed by atoms with van der Waals surface area (Å²) in [5, 5.41) is 0. The minimum absolute atomic E-state index is 0. The van der Waals surface area contributed by atoms with Gasteiger partial charge in [0, 0.05) is 32.7 Å². The number of rotatable bonds is 2. The molecule has 1 rings (SSSR count). The van der Waals surface area contributed by atoms with Crippen molar-refractivity contribution in [3.8, 4) is 0 Å². The second-order valence-corrected chi connectivity index (χ2v) is 5.15. The first-order valence-electron chi connectivity index (χ1n) is 5.93. The van der Waals surface area contributed by atoms with Gasteiger partial charge in [0.15, 0.2) is 0 Å². The van der Waals surface area contributed by atoms with Crippen molar-refractivity contribution in [3.63, 3.8) is 0 Å². The van der Waals surface area contributed by atoms with Crippen molar-refractivity contribution in [2.24, 2.45) is 23.7 Å². The summed E-state index contributed by atoms with van der Waals surface area (Å²) in [7, 11) is 0. The fourth-order valence-corrected chi connectivity index (χ4v) is 2.52. The Morgan fingerprint density at radius 2 is 1.60 bits per heavy atom. The molecule has 6 unspecified atom stereocenters. The molecule has 0 bridgehead atoms. The molecule has 0 spiro atoms. The Morgan fingerprint density at radius 1 is 1.07 bits per heavy atom. The first-order chi connectivity index (χ1) is 6.49. The molecular formula is C13H25OY-. The minimum atomic E-state index is 0. The molecule has 2 heteroatoms. The maximum absolute atomic E-state index is 6.09. The molecule has 1 nitrogen and oxygen atoms in total. The second-order valence-electron chi connectivity index (χ2n) is 5.15. The van der Waals surface area contributed by atoms with Crippen molar-refractivity contribution in [2.75, 3.05) is 0 Å². The first kappa shape index (κ1) is 16.1. The van der Waals surface area contributed by atoms with E-state index < -0.39 is 0 Å². The summed E-state index contributed by atoms with van der Waals surface area (Å²) >= 11 is 0. The molecule has 1 aliphatic heterocycles.